The lowest BCUT2D eigenvalue weighted by molar-refractivity contribution is -0.123. The molecule has 2 heterocycles. The summed E-state index contributed by atoms with van der Waals surface area (Å²) < 4.78 is 38.5. The van der Waals surface area contributed by atoms with Gasteiger partial charge in [0.1, 0.15) is 11.2 Å². The van der Waals surface area contributed by atoms with Crippen molar-refractivity contribution in [2.24, 2.45) is 5.73 Å². The molecule has 1 aromatic heterocycles. The number of anilines is 1. The highest BCUT2D eigenvalue weighted by Crippen LogP contribution is 2.37. The first-order chi connectivity index (χ1) is 14.4. The fraction of sp³-hybridized carbons (Fsp3) is 0.429. The van der Waals surface area contributed by atoms with Gasteiger partial charge in [0.2, 0.25) is 15.9 Å². The van der Waals surface area contributed by atoms with Gasteiger partial charge >= 0.3 is 0 Å². The number of amides is 1. The molecule has 1 saturated heterocycles. The standard InChI is InChI=1S/C21H25N3O5S/c1-28-17-4-2-15(3-5-17)13-24(30(26,27)18-6-7-18)16-8-10-23-19(12-16)21(20(22)25)9-11-29-14-21/h2-5,8,10,12,18H,6-7,9,11,13-14H2,1H3,(H2,22,25). The summed E-state index contributed by atoms with van der Waals surface area (Å²) >= 11 is 0. The van der Waals surface area contributed by atoms with Crippen LogP contribution in [0.15, 0.2) is 42.6 Å². The Kier molecular flexibility index (Phi) is 5.42. The number of nitrogens with two attached hydrogens (primary N) is 1. The molecule has 0 radical (unpaired) electrons. The molecule has 1 aliphatic heterocycles. The zero-order valence-electron chi connectivity index (χ0n) is 16.8. The molecule has 160 valence electrons. The number of ether oxygens (including phenoxy) is 2. The Balaban J connectivity index is 1.73. The van der Waals surface area contributed by atoms with E-state index in [9.17, 15) is 13.2 Å². The SMILES string of the molecule is COc1ccc(CN(c2ccnc(C3(C(N)=O)CCOC3)c2)S(=O)(=O)C2CC2)cc1. The van der Waals surface area contributed by atoms with E-state index in [1.54, 1.807) is 31.4 Å². The van der Waals surface area contributed by atoms with Gasteiger partial charge in [-0.3, -0.25) is 14.1 Å². The minimum Gasteiger partial charge on any atom is -0.497 e. The molecule has 2 fully saturated rings. The van der Waals surface area contributed by atoms with E-state index in [4.69, 9.17) is 15.2 Å². The van der Waals surface area contributed by atoms with Crippen molar-refractivity contribution < 1.29 is 22.7 Å². The maximum Gasteiger partial charge on any atom is 0.238 e. The van der Waals surface area contributed by atoms with Gasteiger partial charge in [0.05, 0.1) is 36.9 Å². The van der Waals surface area contributed by atoms with E-state index in [1.807, 2.05) is 12.1 Å². The zero-order valence-corrected chi connectivity index (χ0v) is 17.6. The third kappa shape index (κ3) is 3.75. The zero-order chi connectivity index (χ0) is 21.4. The van der Waals surface area contributed by atoms with Gasteiger partial charge in [-0.15, -0.1) is 0 Å². The number of rotatable bonds is 8. The number of methoxy groups -OCH3 is 1. The van der Waals surface area contributed by atoms with E-state index in [2.05, 4.69) is 4.98 Å². The Hall–Kier alpha value is -2.65. The second kappa shape index (κ2) is 7.88. The molecule has 1 saturated carbocycles. The number of aromatic nitrogens is 1. The molecule has 2 aliphatic rings. The van der Waals surface area contributed by atoms with Crippen LogP contribution in [0.3, 0.4) is 0 Å². The fourth-order valence-corrected chi connectivity index (χ4v) is 5.52. The molecule has 1 atom stereocenters. The van der Waals surface area contributed by atoms with Crippen molar-refractivity contribution in [1.82, 2.24) is 4.98 Å². The lowest BCUT2D eigenvalue weighted by atomic mass is 9.82. The molecule has 0 bridgehead atoms. The van der Waals surface area contributed by atoms with Crippen LogP contribution in [-0.2, 0) is 31.5 Å². The smallest absolute Gasteiger partial charge is 0.238 e. The lowest BCUT2D eigenvalue weighted by Gasteiger charge is -2.27. The van der Waals surface area contributed by atoms with E-state index in [1.165, 1.54) is 10.5 Å². The van der Waals surface area contributed by atoms with Gasteiger partial charge in [-0.1, -0.05) is 12.1 Å². The third-order valence-corrected chi connectivity index (χ3v) is 8.02. The van der Waals surface area contributed by atoms with Crippen LogP contribution in [0.1, 0.15) is 30.5 Å². The summed E-state index contributed by atoms with van der Waals surface area (Å²) in [5.74, 6) is 0.183. The molecule has 2 N–H and O–H groups in total. The highest BCUT2D eigenvalue weighted by Gasteiger charge is 2.45. The molecule has 30 heavy (non-hydrogen) atoms. The van der Waals surface area contributed by atoms with Gasteiger partial charge in [0.15, 0.2) is 0 Å². The highest BCUT2D eigenvalue weighted by molar-refractivity contribution is 7.93. The summed E-state index contributed by atoms with van der Waals surface area (Å²) in [6.45, 7) is 0.726. The molecule has 1 amide bonds. The van der Waals surface area contributed by atoms with Crippen molar-refractivity contribution >= 4 is 21.6 Å². The predicted molar refractivity (Wildman–Crippen MR) is 112 cm³/mol. The average Bonchev–Trinajstić information content (AvgIpc) is 3.50. The van der Waals surface area contributed by atoms with Crippen molar-refractivity contribution in [1.29, 1.82) is 0 Å². The van der Waals surface area contributed by atoms with Gasteiger partial charge in [0.25, 0.3) is 0 Å². The molecule has 8 nitrogen and oxygen atoms in total. The number of carbonyl (C=O) groups is 1. The molecule has 1 aliphatic carbocycles. The van der Waals surface area contributed by atoms with Gasteiger partial charge in [-0.25, -0.2) is 8.42 Å². The monoisotopic (exact) mass is 431 g/mol. The minimum absolute atomic E-state index is 0.145. The minimum atomic E-state index is -3.55. The van der Waals surface area contributed by atoms with E-state index in [-0.39, 0.29) is 18.4 Å². The summed E-state index contributed by atoms with van der Waals surface area (Å²) in [5.41, 5.74) is 6.38. The maximum atomic E-state index is 13.2. The number of nitrogens with zero attached hydrogens (tertiary/aromatic N) is 2. The molecular formula is C21H25N3O5S. The van der Waals surface area contributed by atoms with E-state index in [0.29, 0.717) is 43.0 Å². The molecular weight excluding hydrogens is 406 g/mol. The van der Waals surface area contributed by atoms with Gasteiger partial charge in [-0.05, 0) is 49.1 Å². The second-order valence-electron chi connectivity index (χ2n) is 7.75. The Morgan fingerprint density at radius 2 is 2.03 bits per heavy atom. The van der Waals surface area contributed by atoms with Crippen LogP contribution in [0.4, 0.5) is 5.69 Å². The van der Waals surface area contributed by atoms with Crippen molar-refractivity contribution in [2.45, 2.75) is 36.5 Å². The Morgan fingerprint density at radius 1 is 1.30 bits per heavy atom. The maximum absolute atomic E-state index is 13.2. The van der Waals surface area contributed by atoms with Crippen molar-refractivity contribution in [2.75, 3.05) is 24.6 Å². The number of hydrogen-bond donors (Lipinski definition) is 1. The van der Waals surface area contributed by atoms with Crippen molar-refractivity contribution in [3.05, 3.63) is 53.9 Å². The molecule has 1 unspecified atom stereocenters. The van der Waals surface area contributed by atoms with Crippen LogP contribution in [0.25, 0.3) is 0 Å². The Morgan fingerprint density at radius 3 is 2.60 bits per heavy atom. The topological polar surface area (TPSA) is 112 Å². The largest absolute Gasteiger partial charge is 0.497 e. The number of primary amides is 1. The van der Waals surface area contributed by atoms with E-state index in [0.717, 1.165) is 5.56 Å². The molecule has 9 heteroatoms. The van der Waals surface area contributed by atoms with Crippen LogP contribution in [-0.4, -0.2) is 44.9 Å². The summed E-state index contributed by atoms with van der Waals surface area (Å²) in [6, 6.07) is 10.6. The first-order valence-electron chi connectivity index (χ1n) is 9.85. The fourth-order valence-electron chi connectivity index (χ4n) is 3.69. The van der Waals surface area contributed by atoms with Crippen LogP contribution in [0, 0.1) is 0 Å². The van der Waals surface area contributed by atoms with Crippen LogP contribution in [0.5, 0.6) is 5.75 Å². The van der Waals surface area contributed by atoms with Crippen molar-refractivity contribution in [3.63, 3.8) is 0 Å². The van der Waals surface area contributed by atoms with E-state index >= 15 is 0 Å². The summed E-state index contributed by atoms with van der Waals surface area (Å²) in [4.78, 5) is 16.6. The van der Waals surface area contributed by atoms with Crippen LogP contribution >= 0.6 is 0 Å². The van der Waals surface area contributed by atoms with Crippen LogP contribution in [0.2, 0.25) is 0 Å². The number of hydrogen-bond acceptors (Lipinski definition) is 6. The van der Waals surface area contributed by atoms with E-state index < -0.39 is 21.3 Å². The average molecular weight is 432 g/mol. The number of benzene rings is 1. The predicted octanol–water partition coefficient (Wildman–Crippen LogP) is 1.73. The molecule has 0 spiro atoms. The molecule has 2 aromatic rings. The molecule has 1 aromatic carbocycles. The summed E-state index contributed by atoms with van der Waals surface area (Å²) in [7, 11) is -1.97. The quantitative estimate of drug-likeness (QED) is 0.681. The Bertz CT molecular complexity index is 1030. The number of carbonyl (C=O) groups excluding carboxylic acids is 1. The normalized spacial score (nSPS) is 21.4. The number of pyridine rings is 1. The second-order valence-corrected chi connectivity index (χ2v) is 9.88. The van der Waals surface area contributed by atoms with Crippen LogP contribution < -0.4 is 14.8 Å². The highest BCUT2D eigenvalue weighted by atomic mass is 32.2. The number of sulfonamides is 1. The summed E-state index contributed by atoms with van der Waals surface area (Å²) in [6.07, 6.45) is 3.25. The van der Waals surface area contributed by atoms with Crippen molar-refractivity contribution in [3.8, 4) is 5.75 Å². The third-order valence-electron chi connectivity index (χ3n) is 5.75. The van der Waals surface area contributed by atoms with Gasteiger partial charge < -0.3 is 15.2 Å². The first-order valence-corrected chi connectivity index (χ1v) is 11.4. The van der Waals surface area contributed by atoms with Gasteiger partial charge in [0, 0.05) is 12.8 Å². The summed E-state index contributed by atoms with van der Waals surface area (Å²) in [5, 5.41) is -0.382. The first kappa shape index (κ1) is 20.6. The Labute approximate surface area is 176 Å². The lowest BCUT2D eigenvalue weighted by Crippen LogP contribution is -2.42. The molecule has 4 rings (SSSR count). The van der Waals surface area contributed by atoms with Gasteiger partial charge in [-0.2, -0.15) is 0 Å².